The second-order valence-corrected chi connectivity index (χ2v) is 5.03. The maximum absolute atomic E-state index is 11.4. The van der Waals surface area contributed by atoms with Gasteiger partial charge in [-0.3, -0.25) is 9.69 Å². The number of esters is 1. The quantitative estimate of drug-likeness (QED) is 0.708. The number of hydrogen-bond donors (Lipinski definition) is 1. The van der Waals surface area contributed by atoms with Gasteiger partial charge in [-0.1, -0.05) is 0 Å². The molecule has 0 aromatic carbocycles. The van der Waals surface area contributed by atoms with E-state index in [0.717, 1.165) is 26.2 Å². The molecule has 1 aliphatic heterocycles. The molecule has 0 aliphatic carbocycles. The van der Waals surface area contributed by atoms with Crippen molar-refractivity contribution in [3.63, 3.8) is 0 Å². The van der Waals surface area contributed by atoms with Gasteiger partial charge in [-0.15, -0.1) is 0 Å². The predicted molar refractivity (Wildman–Crippen MR) is 65.7 cm³/mol. The number of morpholine rings is 1. The van der Waals surface area contributed by atoms with E-state index >= 15 is 0 Å². The summed E-state index contributed by atoms with van der Waals surface area (Å²) in [7, 11) is 0. The molecule has 5 heteroatoms. The number of rotatable bonds is 5. The Hall–Kier alpha value is -0.650. The lowest BCUT2D eigenvalue weighted by Crippen LogP contribution is -2.49. The first kappa shape index (κ1) is 14.4. The van der Waals surface area contributed by atoms with Crippen LogP contribution in [0.1, 0.15) is 27.2 Å². The summed E-state index contributed by atoms with van der Waals surface area (Å²) >= 11 is 0. The van der Waals surface area contributed by atoms with Crippen LogP contribution in [-0.2, 0) is 14.3 Å². The summed E-state index contributed by atoms with van der Waals surface area (Å²) in [6.07, 6.45) is 0.634. The lowest BCUT2D eigenvalue weighted by Gasteiger charge is -2.38. The van der Waals surface area contributed by atoms with Gasteiger partial charge in [-0.25, -0.2) is 0 Å². The third kappa shape index (κ3) is 5.02. The highest BCUT2D eigenvalue weighted by Crippen LogP contribution is 2.16. The second-order valence-electron chi connectivity index (χ2n) is 5.03. The molecule has 1 heterocycles. The molecule has 0 bridgehead atoms. The Morgan fingerprint density at radius 2 is 2.29 bits per heavy atom. The van der Waals surface area contributed by atoms with E-state index < -0.39 is 6.04 Å². The topological polar surface area (TPSA) is 64.8 Å². The van der Waals surface area contributed by atoms with Crippen LogP contribution in [0.3, 0.4) is 0 Å². The normalized spacial score (nSPS) is 22.1. The molecule has 1 atom stereocenters. The Kier molecular flexibility index (Phi) is 5.36. The van der Waals surface area contributed by atoms with Gasteiger partial charge in [0.25, 0.3) is 0 Å². The first-order chi connectivity index (χ1) is 7.94. The minimum atomic E-state index is -0.513. The zero-order valence-electron chi connectivity index (χ0n) is 11.1. The van der Waals surface area contributed by atoms with E-state index in [1.807, 2.05) is 0 Å². The SMILES string of the molecule is CCOC(=O)C(N)CCN1CCOC(C)(C)C1. The molecule has 1 rings (SSSR count). The summed E-state index contributed by atoms with van der Waals surface area (Å²) in [5.74, 6) is -0.306. The molecule has 2 N–H and O–H groups in total. The summed E-state index contributed by atoms with van der Waals surface area (Å²) < 4.78 is 10.5. The third-order valence-corrected chi connectivity index (χ3v) is 2.85. The van der Waals surface area contributed by atoms with Crippen LogP contribution in [0.25, 0.3) is 0 Å². The van der Waals surface area contributed by atoms with Gasteiger partial charge < -0.3 is 15.2 Å². The minimum absolute atomic E-state index is 0.105. The van der Waals surface area contributed by atoms with Crippen LogP contribution in [0.2, 0.25) is 0 Å². The summed E-state index contributed by atoms with van der Waals surface area (Å²) in [6.45, 7) is 9.65. The summed E-state index contributed by atoms with van der Waals surface area (Å²) in [6, 6.07) is -0.513. The molecule has 0 aromatic rings. The van der Waals surface area contributed by atoms with Gasteiger partial charge in [0.05, 0.1) is 18.8 Å². The van der Waals surface area contributed by atoms with Crippen LogP contribution in [-0.4, -0.2) is 55.4 Å². The van der Waals surface area contributed by atoms with Gasteiger partial charge in [-0.2, -0.15) is 0 Å². The zero-order valence-corrected chi connectivity index (χ0v) is 11.1. The molecule has 0 amide bonds. The van der Waals surface area contributed by atoms with Crippen molar-refractivity contribution in [2.45, 2.75) is 38.8 Å². The van der Waals surface area contributed by atoms with E-state index in [2.05, 4.69) is 18.7 Å². The lowest BCUT2D eigenvalue weighted by atomic mass is 10.1. The fourth-order valence-corrected chi connectivity index (χ4v) is 1.99. The van der Waals surface area contributed by atoms with Crippen molar-refractivity contribution >= 4 is 5.97 Å². The van der Waals surface area contributed by atoms with E-state index in [0.29, 0.717) is 13.0 Å². The van der Waals surface area contributed by atoms with E-state index in [-0.39, 0.29) is 11.6 Å². The fraction of sp³-hybridized carbons (Fsp3) is 0.917. The molecule has 1 saturated heterocycles. The highest BCUT2D eigenvalue weighted by atomic mass is 16.5. The summed E-state index contributed by atoms with van der Waals surface area (Å²) in [4.78, 5) is 13.6. The first-order valence-corrected chi connectivity index (χ1v) is 6.23. The number of carbonyl (C=O) groups excluding carboxylic acids is 1. The van der Waals surface area contributed by atoms with Crippen molar-refractivity contribution in [1.29, 1.82) is 0 Å². The van der Waals surface area contributed by atoms with E-state index in [1.165, 1.54) is 0 Å². The fourth-order valence-electron chi connectivity index (χ4n) is 1.99. The van der Waals surface area contributed by atoms with Crippen LogP contribution < -0.4 is 5.73 Å². The smallest absolute Gasteiger partial charge is 0.322 e. The van der Waals surface area contributed by atoms with Gasteiger partial charge in [-0.05, 0) is 27.2 Å². The molecule has 0 saturated carbocycles. The maximum Gasteiger partial charge on any atom is 0.322 e. The second kappa shape index (κ2) is 6.33. The van der Waals surface area contributed by atoms with Crippen molar-refractivity contribution in [2.24, 2.45) is 5.73 Å². The molecule has 0 spiro atoms. The number of nitrogens with two attached hydrogens (primary N) is 1. The molecule has 0 aromatic heterocycles. The molecule has 0 radical (unpaired) electrons. The van der Waals surface area contributed by atoms with Gasteiger partial charge in [0.2, 0.25) is 0 Å². The highest BCUT2D eigenvalue weighted by Gasteiger charge is 2.27. The summed E-state index contributed by atoms with van der Waals surface area (Å²) in [5.41, 5.74) is 5.65. The van der Waals surface area contributed by atoms with Crippen LogP contribution in [0.4, 0.5) is 0 Å². The average molecular weight is 244 g/mol. The van der Waals surface area contributed by atoms with E-state index in [4.69, 9.17) is 15.2 Å². The predicted octanol–water partition coefficient (Wildman–Crippen LogP) is 0.378. The third-order valence-electron chi connectivity index (χ3n) is 2.85. The Bertz CT molecular complexity index is 256. The molecule has 5 nitrogen and oxygen atoms in total. The van der Waals surface area contributed by atoms with Crippen LogP contribution in [0, 0.1) is 0 Å². The number of hydrogen-bond acceptors (Lipinski definition) is 5. The molecule has 100 valence electrons. The van der Waals surface area contributed by atoms with Crippen LogP contribution >= 0.6 is 0 Å². The van der Waals surface area contributed by atoms with Gasteiger partial charge in [0.1, 0.15) is 6.04 Å². The first-order valence-electron chi connectivity index (χ1n) is 6.23. The Morgan fingerprint density at radius 3 is 2.88 bits per heavy atom. The number of carbonyl (C=O) groups is 1. The van der Waals surface area contributed by atoms with E-state index in [9.17, 15) is 4.79 Å². The molecular formula is C12H24N2O3. The Morgan fingerprint density at radius 1 is 1.59 bits per heavy atom. The maximum atomic E-state index is 11.4. The molecule has 1 fully saturated rings. The zero-order chi connectivity index (χ0) is 12.9. The van der Waals surface area contributed by atoms with Gasteiger partial charge >= 0.3 is 5.97 Å². The van der Waals surface area contributed by atoms with Crippen LogP contribution in [0.5, 0.6) is 0 Å². The van der Waals surface area contributed by atoms with Gasteiger partial charge in [0.15, 0.2) is 0 Å². The minimum Gasteiger partial charge on any atom is -0.465 e. The van der Waals surface area contributed by atoms with Crippen molar-refractivity contribution in [3.05, 3.63) is 0 Å². The van der Waals surface area contributed by atoms with Crippen molar-refractivity contribution < 1.29 is 14.3 Å². The number of nitrogens with zero attached hydrogens (tertiary/aromatic N) is 1. The average Bonchev–Trinajstić information content (AvgIpc) is 2.25. The van der Waals surface area contributed by atoms with E-state index in [1.54, 1.807) is 6.92 Å². The van der Waals surface area contributed by atoms with Crippen molar-refractivity contribution in [3.8, 4) is 0 Å². The Labute approximate surface area is 103 Å². The highest BCUT2D eigenvalue weighted by molar-refractivity contribution is 5.75. The van der Waals surface area contributed by atoms with Crippen molar-refractivity contribution in [2.75, 3.05) is 32.8 Å². The molecular weight excluding hydrogens is 220 g/mol. The molecule has 1 aliphatic rings. The lowest BCUT2D eigenvalue weighted by molar-refractivity contribution is -0.145. The standard InChI is InChI=1S/C12H24N2O3/c1-4-16-11(15)10(13)5-6-14-7-8-17-12(2,3)9-14/h10H,4-9,13H2,1-3H3. The van der Waals surface area contributed by atoms with Crippen molar-refractivity contribution in [1.82, 2.24) is 4.90 Å². The monoisotopic (exact) mass is 244 g/mol. The number of ether oxygens (including phenoxy) is 2. The molecule has 1 unspecified atom stereocenters. The van der Waals surface area contributed by atoms with Gasteiger partial charge in [0, 0.05) is 19.6 Å². The largest absolute Gasteiger partial charge is 0.465 e. The molecule has 17 heavy (non-hydrogen) atoms. The Balaban J connectivity index is 2.28. The summed E-state index contributed by atoms with van der Waals surface area (Å²) in [5, 5.41) is 0. The van der Waals surface area contributed by atoms with Crippen LogP contribution in [0.15, 0.2) is 0 Å².